The molecule has 0 unspecified atom stereocenters. The Bertz CT molecular complexity index is 615. The van der Waals surface area contributed by atoms with Crippen molar-refractivity contribution in [3.8, 4) is 11.3 Å². The van der Waals surface area contributed by atoms with Gasteiger partial charge in [0.15, 0.2) is 5.16 Å². The van der Waals surface area contributed by atoms with E-state index in [4.69, 9.17) is 11.6 Å². The highest BCUT2D eigenvalue weighted by Gasteiger charge is 2.06. The van der Waals surface area contributed by atoms with Gasteiger partial charge < -0.3 is 4.98 Å². The number of nitrogens with one attached hydrogen (secondary N) is 1. The van der Waals surface area contributed by atoms with Crippen molar-refractivity contribution in [2.45, 2.75) is 5.16 Å². The monoisotopic (exact) mass is 270 g/mol. The van der Waals surface area contributed by atoms with Gasteiger partial charge in [-0.3, -0.25) is 4.79 Å². The van der Waals surface area contributed by atoms with Gasteiger partial charge in [0.2, 0.25) is 0 Å². The summed E-state index contributed by atoms with van der Waals surface area (Å²) in [7, 11) is 0. The minimum absolute atomic E-state index is 0.00952. The maximum absolute atomic E-state index is 13.0. The number of rotatable bonds is 2. The summed E-state index contributed by atoms with van der Waals surface area (Å²) in [5.74, 6) is -0.495. The van der Waals surface area contributed by atoms with E-state index in [9.17, 15) is 9.18 Å². The molecule has 0 saturated heterocycles. The molecule has 0 radical (unpaired) electrons. The van der Waals surface area contributed by atoms with E-state index in [0.29, 0.717) is 16.4 Å². The van der Waals surface area contributed by atoms with Gasteiger partial charge >= 0.3 is 0 Å². The molecule has 1 aromatic carbocycles. The molecule has 17 heavy (non-hydrogen) atoms. The third-order valence-electron chi connectivity index (χ3n) is 2.13. The predicted molar refractivity (Wildman–Crippen MR) is 67.0 cm³/mol. The number of halogens is 2. The number of thioether (sulfide) groups is 1. The Hall–Kier alpha value is -1.33. The van der Waals surface area contributed by atoms with Crippen LogP contribution in [0.4, 0.5) is 4.39 Å². The summed E-state index contributed by atoms with van der Waals surface area (Å²) in [5, 5.41) is 0.517. The zero-order valence-corrected chi connectivity index (χ0v) is 10.4. The summed E-state index contributed by atoms with van der Waals surface area (Å²) in [5.41, 5.74) is 0.831. The second kappa shape index (κ2) is 4.89. The Morgan fingerprint density at radius 2 is 2.18 bits per heavy atom. The summed E-state index contributed by atoms with van der Waals surface area (Å²) in [4.78, 5) is 18.2. The first kappa shape index (κ1) is 12.1. The summed E-state index contributed by atoms with van der Waals surface area (Å²) in [6, 6.07) is 5.58. The Balaban J connectivity index is 2.55. The fourth-order valence-corrected chi connectivity index (χ4v) is 1.91. The van der Waals surface area contributed by atoms with Crippen molar-refractivity contribution >= 4 is 23.4 Å². The van der Waals surface area contributed by atoms with Gasteiger partial charge in [-0.1, -0.05) is 23.4 Å². The molecular formula is C11H8ClFN2OS. The number of aromatic amines is 1. The molecule has 0 atom stereocenters. The van der Waals surface area contributed by atoms with Gasteiger partial charge in [-0.25, -0.2) is 9.37 Å². The van der Waals surface area contributed by atoms with E-state index >= 15 is 0 Å². The van der Waals surface area contributed by atoms with Crippen molar-refractivity contribution in [1.29, 1.82) is 0 Å². The maximum Gasteiger partial charge on any atom is 0.252 e. The molecule has 1 aromatic heterocycles. The van der Waals surface area contributed by atoms with E-state index in [1.54, 1.807) is 6.26 Å². The van der Waals surface area contributed by atoms with Crippen LogP contribution in [0, 0.1) is 5.82 Å². The lowest BCUT2D eigenvalue weighted by Gasteiger charge is -2.03. The molecule has 6 heteroatoms. The number of hydrogen-bond acceptors (Lipinski definition) is 3. The van der Waals surface area contributed by atoms with E-state index in [-0.39, 0.29) is 10.6 Å². The van der Waals surface area contributed by atoms with Gasteiger partial charge in [-0.15, -0.1) is 0 Å². The SMILES string of the molecule is CSc1nc(-c2ccc(F)c(Cl)c2)cc(=O)[nH]1. The van der Waals surface area contributed by atoms with Gasteiger partial charge in [0, 0.05) is 11.6 Å². The first-order valence-corrected chi connectivity index (χ1v) is 6.31. The van der Waals surface area contributed by atoms with Crippen LogP contribution in [0.3, 0.4) is 0 Å². The number of nitrogens with zero attached hydrogens (tertiary/aromatic N) is 1. The first-order valence-electron chi connectivity index (χ1n) is 4.71. The third kappa shape index (κ3) is 2.68. The molecule has 0 amide bonds. The lowest BCUT2D eigenvalue weighted by atomic mass is 10.1. The molecule has 1 N–H and O–H groups in total. The van der Waals surface area contributed by atoms with Crippen LogP contribution in [0.15, 0.2) is 34.2 Å². The van der Waals surface area contributed by atoms with E-state index in [0.717, 1.165) is 0 Å². The minimum Gasteiger partial charge on any atom is -0.301 e. The van der Waals surface area contributed by atoms with E-state index < -0.39 is 5.82 Å². The predicted octanol–water partition coefficient (Wildman–Crippen LogP) is 2.95. The standard InChI is InChI=1S/C11H8ClFN2OS/c1-17-11-14-9(5-10(16)15-11)6-2-3-8(13)7(12)4-6/h2-5H,1H3,(H,14,15,16). The van der Waals surface area contributed by atoms with Gasteiger partial charge in [0.1, 0.15) is 5.82 Å². The van der Waals surface area contributed by atoms with Crippen LogP contribution < -0.4 is 5.56 Å². The third-order valence-corrected chi connectivity index (χ3v) is 3.00. The average molecular weight is 271 g/mol. The summed E-state index contributed by atoms with van der Waals surface area (Å²) in [6.45, 7) is 0. The quantitative estimate of drug-likeness (QED) is 0.674. The molecule has 0 aliphatic carbocycles. The van der Waals surface area contributed by atoms with E-state index in [1.807, 2.05) is 0 Å². The van der Waals surface area contributed by atoms with E-state index in [2.05, 4.69) is 9.97 Å². The molecular weight excluding hydrogens is 263 g/mol. The average Bonchev–Trinajstić information content (AvgIpc) is 2.32. The van der Waals surface area contributed by atoms with Crippen LogP contribution in [-0.4, -0.2) is 16.2 Å². The topological polar surface area (TPSA) is 45.8 Å². The smallest absolute Gasteiger partial charge is 0.252 e. The van der Waals surface area contributed by atoms with Crippen LogP contribution in [0.25, 0.3) is 11.3 Å². The molecule has 2 aromatic rings. The molecule has 1 heterocycles. The summed E-state index contributed by atoms with van der Waals surface area (Å²) >= 11 is 7.01. The Morgan fingerprint density at radius 1 is 1.41 bits per heavy atom. The van der Waals surface area contributed by atoms with Crippen LogP contribution in [0.2, 0.25) is 5.02 Å². The second-order valence-corrected chi connectivity index (χ2v) is 4.47. The van der Waals surface area contributed by atoms with Gasteiger partial charge in [0.05, 0.1) is 10.7 Å². The number of hydrogen-bond donors (Lipinski definition) is 1. The highest BCUT2D eigenvalue weighted by Crippen LogP contribution is 2.23. The molecule has 0 fully saturated rings. The molecule has 0 aliphatic rings. The van der Waals surface area contributed by atoms with Crippen LogP contribution in [0.5, 0.6) is 0 Å². The zero-order chi connectivity index (χ0) is 12.4. The van der Waals surface area contributed by atoms with Crippen LogP contribution >= 0.6 is 23.4 Å². The van der Waals surface area contributed by atoms with Gasteiger partial charge in [0.25, 0.3) is 5.56 Å². The Morgan fingerprint density at radius 3 is 2.82 bits per heavy atom. The molecule has 0 spiro atoms. The Labute approximate surface area is 106 Å². The molecule has 88 valence electrons. The van der Waals surface area contributed by atoms with Crippen LogP contribution in [-0.2, 0) is 0 Å². The fourth-order valence-electron chi connectivity index (χ4n) is 1.34. The number of benzene rings is 1. The molecule has 2 rings (SSSR count). The number of H-pyrrole nitrogens is 1. The van der Waals surface area contributed by atoms with Crippen molar-refractivity contribution in [3.63, 3.8) is 0 Å². The highest BCUT2D eigenvalue weighted by atomic mass is 35.5. The molecule has 0 aliphatic heterocycles. The normalized spacial score (nSPS) is 10.5. The highest BCUT2D eigenvalue weighted by molar-refractivity contribution is 7.98. The second-order valence-electron chi connectivity index (χ2n) is 3.27. The largest absolute Gasteiger partial charge is 0.301 e. The number of aromatic nitrogens is 2. The van der Waals surface area contributed by atoms with Crippen molar-refractivity contribution in [2.24, 2.45) is 0 Å². The van der Waals surface area contributed by atoms with E-state index in [1.165, 1.54) is 36.0 Å². The first-order chi connectivity index (χ1) is 8.10. The molecule has 0 bridgehead atoms. The fraction of sp³-hybridized carbons (Fsp3) is 0.0909. The summed E-state index contributed by atoms with van der Waals surface area (Å²) < 4.78 is 13.0. The zero-order valence-electron chi connectivity index (χ0n) is 8.83. The Kier molecular flexibility index (Phi) is 3.49. The maximum atomic E-state index is 13.0. The summed E-state index contributed by atoms with van der Waals surface area (Å²) in [6.07, 6.45) is 1.81. The van der Waals surface area contributed by atoms with Crippen molar-refractivity contribution < 1.29 is 4.39 Å². The lowest BCUT2D eigenvalue weighted by molar-refractivity contribution is 0.628. The van der Waals surface area contributed by atoms with Crippen LogP contribution in [0.1, 0.15) is 0 Å². The van der Waals surface area contributed by atoms with Crippen molar-refractivity contribution in [2.75, 3.05) is 6.26 Å². The van der Waals surface area contributed by atoms with Crippen molar-refractivity contribution in [1.82, 2.24) is 9.97 Å². The van der Waals surface area contributed by atoms with Gasteiger partial charge in [-0.2, -0.15) is 0 Å². The lowest BCUT2D eigenvalue weighted by Crippen LogP contribution is -2.07. The van der Waals surface area contributed by atoms with Gasteiger partial charge in [-0.05, 0) is 24.5 Å². The molecule has 0 saturated carbocycles. The minimum atomic E-state index is -0.495. The van der Waals surface area contributed by atoms with Crippen molar-refractivity contribution in [3.05, 3.63) is 45.5 Å². The molecule has 3 nitrogen and oxygen atoms in total.